The predicted octanol–water partition coefficient (Wildman–Crippen LogP) is 0.850. The Bertz CT molecular complexity index is 1620. The Hall–Kier alpha value is -4.15. The van der Waals surface area contributed by atoms with E-state index in [4.69, 9.17) is 25.7 Å². The first-order valence-electron chi connectivity index (χ1n) is 15.0. The van der Waals surface area contributed by atoms with E-state index in [0.29, 0.717) is 5.56 Å². The second kappa shape index (κ2) is 14.1. The molecule has 2 saturated heterocycles. The van der Waals surface area contributed by atoms with Crippen molar-refractivity contribution in [3.05, 3.63) is 81.4 Å². The molecule has 46 heavy (non-hydrogen) atoms. The molecule has 2 fully saturated rings. The van der Waals surface area contributed by atoms with Gasteiger partial charge in [-0.2, -0.15) is 9.97 Å². The highest BCUT2D eigenvalue weighted by molar-refractivity contribution is 5.89. The number of nitrogens with zero attached hydrogens (tertiary/aromatic N) is 4. The van der Waals surface area contributed by atoms with Crippen LogP contribution in [0.15, 0.2) is 64.4 Å². The van der Waals surface area contributed by atoms with E-state index >= 15 is 0 Å². The zero-order chi connectivity index (χ0) is 33.8. The summed E-state index contributed by atoms with van der Waals surface area (Å²) < 4.78 is 20.0. The van der Waals surface area contributed by atoms with Gasteiger partial charge in [0, 0.05) is 23.2 Å². The van der Waals surface area contributed by atoms with Crippen LogP contribution in [0.5, 0.6) is 0 Å². The topological polar surface area (TPSA) is 227 Å². The number of esters is 1. The lowest BCUT2D eigenvalue weighted by Crippen LogP contribution is -2.43. The van der Waals surface area contributed by atoms with Crippen LogP contribution >= 0.6 is 0 Å². The van der Waals surface area contributed by atoms with Crippen LogP contribution in [-0.2, 0) is 14.2 Å². The number of carbonyl (C=O) groups excluding carboxylic acids is 1. The number of rotatable bonds is 8. The number of carbonyl (C=O) groups is 1. The summed E-state index contributed by atoms with van der Waals surface area (Å²) in [5.41, 5.74) is 8.75. The van der Waals surface area contributed by atoms with Crippen LogP contribution in [0.3, 0.4) is 0 Å². The zero-order valence-corrected chi connectivity index (χ0v) is 26.2. The van der Waals surface area contributed by atoms with Gasteiger partial charge in [-0.05, 0) is 37.1 Å². The van der Waals surface area contributed by atoms with Gasteiger partial charge in [-0.25, -0.2) is 14.4 Å². The average molecular weight is 643 g/mol. The van der Waals surface area contributed by atoms with Gasteiger partial charge in [0.2, 0.25) is 0 Å². The molecule has 8 unspecified atom stereocenters. The Morgan fingerprint density at radius 1 is 0.891 bits per heavy atom. The summed E-state index contributed by atoms with van der Waals surface area (Å²) in [6.07, 6.45) is -0.150. The second-order valence-corrected chi connectivity index (χ2v) is 11.9. The van der Waals surface area contributed by atoms with E-state index in [1.54, 1.807) is 31.2 Å². The predicted molar refractivity (Wildman–Crippen MR) is 166 cm³/mol. The Balaban J connectivity index is 0.000000222. The van der Waals surface area contributed by atoms with Gasteiger partial charge in [-0.3, -0.25) is 9.13 Å². The maximum Gasteiger partial charge on any atom is 0.351 e. The molecule has 4 heterocycles. The standard InChI is InChI=1S/C20H25N3O4.C11H17N3O5/c1-4-14-20(3,5-2)16(27-18(24)13-9-7-6-8-10-13)17(26-14)23-12-11-15(21)22-19(23)25;1-11(5-16)6(4-15)19-9(8(11)17)14-3-2-7(12)13-10(14)18/h6-12,14,16-17H,4-5H2,1-3H3,(H2,21,22,25);2-3,6,8-9,15-17H,4-5H2,1H3,(H2,12,13,18). The molecule has 0 radical (unpaired) electrons. The maximum atomic E-state index is 12.7. The lowest BCUT2D eigenvalue weighted by Gasteiger charge is -2.33. The fourth-order valence-electron chi connectivity index (χ4n) is 5.88. The number of benzene rings is 1. The Morgan fingerprint density at radius 3 is 1.89 bits per heavy atom. The van der Waals surface area contributed by atoms with Crippen molar-refractivity contribution in [2.75, 3.05) is 24.7 Å². The molecule has 15 nitrogen and oxygen atoms in total. The summed E-state index contributed by atoms with van der Waals surface area (Å²) in [7, 11) is 0. The molecule has 0 saturated carbocycles. The molecular formula is C31H42N6O9. The summed E-state index contributed by atoms with van der Waals surface area (Å²) in [5, 5.41) is 28.9. The molecule has 8 atom stereocenters. The smallest absolute Gasteiger partial charge is 0.351 e. The van der Waals surface area contributed by atoms with Crippen LogP contribution in [0.25, 0.3) is 0 Å². The molecule has 0 aliphatic carbocycles. The molecule has 2 aliphatic rings. The molecule has 2 aliphatic heterocycles. The summed E-state index contributed by atoms with van der Waals surface area (Å²) in [5.74, 6) is -0.239. The van der Waals surface area contributed by atoms with Crippen LogP contribution in [0.1, 0.15) is 63.4 Å². The Morgan fingerprint density at radius 2 is 1.43 bits per heavy atom. The zero-order valence-electron chi connectivity index (χ0n) is 26.2. The lowest BCUT2D eigenvalue weighted by atomic mass is 9.77. The van der Waals surface area contributed by atoms with Crippen molar-refractivity contribution in [3.63, 3.8) is 0 Å². The van der Waals surface area contributed by atoms with Crippen molar-refractivity contribution >= 4 is 17.6 Å². The van der Waals surface area contributed by atoms with Crippen molar-refractivity contribution in [2.24, 2.45) is 10.8 Å². The number of aromatic nitrogens is 4. The molecule has 2 aromatic heterocycles. The minimum Gasteiger partial charge on any atom is -0.453 e. The molecule has 7 N–H and O–H groups in total. The third kappa shape index (κ3) is 6.55. The molecule has 0 amide bonds. The Kier molecular flexibility index (Phi) is 10.6. The second-order valence-electron chi connectivity index (χ2n) is 11.9. The third-order valence-electron chi connectivity index (χ3n) is 9.07. The van der Waals surface area contributed by atoms with Gasteiger partial charge >= 0.3 is 17.3 Å². The molecule has 0 bridgehead atoms. The first kappa shape index (κ1) is 34.7. The van der Waals surface area contributed by atoms with Crippen LogP contribution in [-0.4, -0.2) is 78.0 Å². The molecule has 0 spiro atoms. The van der Waals surface area contributed by atoms with Crippen LogP contribution in [0.2, 0.25) is 0 Å². The molecule has 15 heteroatoms. The molecule has 250 valence electrons. The SMILES string of the molecule is CC1(CO)C(CO)OC(n2ccc(N)nc2=O)C1O.CCC1OC(n2ccc(N)nc2=O)C(OC(=O)c2ccccc2)C1(C)CC. The van der Waals surface area contributed by atoms with E-state index < -0.39 is 58.9 Å². The van der Waals surface area contributed by atoms with E-state index in [2.05, 4.69) is 9.97 Å². The summed E-state index contributed by atoms with van der Waals surface area (Å²) >= 11 is 0. The van der Waals surface area contributed by atoms with Gasteiger partial charge in [-0.1, -0.05) is 45.9 Å². The van der Waals surface area contributed by atoms with Crippen molar-refractivity contribution in [3.8, 4) is 0 Å². The molecule has 1 aromatic carbocycles. The minimum absolute atomic E-state index is 0.0670. The average Bonchev–Trinajstić information content (AvgIpc) is 3.47. The third-order valence-corrected chi connectivity index (χ3v) is 9.07. The van der Waals surface area contributed by atoms with Gasteiger partial charge in [-0.15, -0.1) is 0 Å². The van der Waals surface area contributed by atoms with Crippen LogP contribution < -0.4 is 22.8 Å². The molecular weight excluding hydrogens is 600 g/mol. The highest BCUT2D eigenvalue weighted by Crippen LogP contribution is 2.48. The first-order chi connectivity index (χ1) is 21.8. The Labute approximate surface area is 265 Å². The fraction of sp³-hybridized carbons (Fsp3) is 0.516. The summed E-state index contributed by atoms with van der Waals surface area (Å²) in [6, 6.07) is 11.7. The number of hydrogen-bond donors (Lipinski definition) is 5. The number of nitrogen functional groups attached to an aromatic ring is 2. The number of hydrogen-bond acceptors (Lipinski definition) is 13. The van der Waals surface area contributed by atoms with Crippen LogP contribution in [0, 0.1) is 10.8 Å². The number of anilines is 2. The molecule has 5 rings (SSSR count). The maximum absolute atomic E-state index is 12.7. The van der Waals surface area contributed by atoms with Crippen molar-refractivity contribution in [1.82, 2.24) is 19.1 Å². The van der Waals surface area contributed by atoms with Gasteiger partial charge in [0.25, 0.3) is 0 Å². The molecule has 3 aromatic rings. The van der Waals surface area contributed by atoms with Crippen molar-refractivity contribution < 1.29 is 34.3 Å². The highest BCUT2D eigenvalue weighted by atomic mass is 16.6. The van der Waals surface area contributed by atoms with Gasteiger partial charge in [0.05, 0.1) is 31.0 Å². The van der Waals surface area contributed by atoms with E-state index in [9.17, 15) is 29.7 Å². The van der Waals surface area contributed by atoms with Gasteiger partial charge in [0.15, 0.2) is 18.6 Å². The lowest BCUT2D eigenvalue weighted by molar-refractivity contribution is -0.0571. The number of ether oxygens (including phenoxy) is 3. The first-order valence-corrected chi connectivity index (χ1v) is 15.0. The van der Waals surface area contributed by atoms with E-state index in [0.717, 1.165) is 17.4 Å². The normalized spacial score (nSPS) is 30.4. The van der Waals surface area contributed by atoms with E-state index in [1.807, 2.05) is 26.8 Å². The van der Waals surface area contributed by atoms with E-state index in [1.165, 1.54) is 29.1 Å². The number of aliphatic hydroxyl groups is 3. The quantitative estimate of drug-likeness (QED) is 0.215. The number of nitrogens with two attached hydrogens (primary N) is 2. The fourth-order valence-corrected chi connectivity index (χ4v) is 5.88. The highest BCUT2D eigenvalue weighted by Gasteiger charge is 2.55. The van der Waals surface area contributed by atoms with Crippen LogP contribution in [0.4, 0.5) is 11.6 Å². The van der Waals surface area contributed by atoms with Crippen molar-refractivity contribution in [2.45, 2.75) is 77.4 Å². The summed E-state index contributed by atoms with van der Waals surface area (Å²) in [6.45, 7) is 6.89. The monoisotopic (exact) mass is 642 g/mol. The van der Waals surface area contributed by atoms with Gasteiger partial charge in [0.1, 0.15) is 17.7 Å². The number of aliphatic hydroxyl groups excluding tert-OH is 3. The van der Waals surface area contributed by atoms with Crippen molar-refractivity contribution in [1.29, 1.82) is 0 Å². The van der Waals surface area contributed by atoms with E-state index in [-0.39, 0.29) is 31.0 Å². The van der Waals surface area contributed by atoms with Gasteiger partial charge < -0.3 is 41.0 Å². The summed E-state index contributed by atoms with van der Waals surface area (Å²) in [4.78, 5) is 44.1. The minimum atomic E-state index is -1.15. The largest absolute Gasteiger partial charge is 0.453 e.